The molecule has 1 rings (SSSR count). The predicted molar refractivity (Wildman–Crippen MR) is 79.6 cm³/mol. The van der Waals surface area contributed by atoms with Gasteiger partial charge >= 0.3 is 5.97 Å². The molecule has 1 unspecified atom stereocenters. The van der Waals surface area contributed by atoms with Crippen LogP contribution in [0.15, 0.2) is 24.3 Å². The Kier molecular flexibility index (Phi) is 5.87. The quantitative estimate of drug-likeness (QED) is 0.690. The fraction of sp³-hybridized carbons (Fsp3) is 0.562. The minimum Gasteiger partial charge on any atom is -0.480 e. The summed E-state index contributed by atoms with van der Waals surface area (Å²) in [5.74, 6) is -0.787. The molecule has 1 aromatic carbocycles. The van der Waals surface area contributed by atoms with Crippen LogP contribution in [0.3, 0.4) is 0 Å². The molecule has 0 radical (unpaired) electrons. The largest absolute Gasteiger partial charge is 0.480 e. The molecule has 0 fully saturated rings. The van der Waals surface area contributed by atoms with E-state index < -0.39 is 11.5 Å². The van der Waals surface area contributed by atoms with Crippen LogP contribution in [0.1, 0.15) is 51.5 Å². The Hall–Kier alpha value is -1.51. The molecular weight excluding hydrogens is 238 g/mol. The summed E-state index contributed by atoms with van der Waals surface area (Å²) in [7, 11) is 0. The van der Waals surface area contributed by atoms with Crippen LogP contribution in [0.25, 0.3) is 0 Å². The van der Waals surface area contributed by atoms with Crippen molar-refractivity contribution in [2.45, 2.75) is 58.4 Å². The van der Waals surface area contributed by atoms with Crippen LogP contribution in [0.4, 0.5) is 5.69 Å². The maximum Gasteiger partial charge on any atom is 0.329 e. The molecule has 0 amide bonds. The monoisotopic (exact) mass is 263 g/mol. The number of unbranched alkanes of at least 4 members (excludes halogenated alkanes) is 3. The zero-order valence-electron chi connectivity index (χ0n) is 12.2. The van der Waals surface area contributed by atoms with E-state index in [4.69, 9.17) is 0 Å². The first kappa shape index (κ1) is 15.5. The number of anilines is 1. The fourth-order valence-electron chi connectivity index (χ4n) is 2.17. The second-order valence-electron chi connectivity index (χ2n) is 5.44. The lowest BCUT2D eigenvalue weighted by atomic mass is 9.93. The first-order valence-electron chi connectivity index (χ1n) is 7.06. The lowest BCUT2D eigenvalue weighted by Gasteiger charge is -2.27. The van der Waals surface area contributed by atoms with Crippen LogP contribution in [-0.2, 0) is 4.79 Å². The Morgan fingerprint density at radius 3 is 2.63 bits per heavy atom. The number of nitrogens with one attached hydrogen (secondary N) is 1. The Bertz CT molecular complexity index is 417. The summed E-state index contributed by atoms with van der Waals surface area (Å²) in [4.78, 5) is 11.5. The molecule has 0 saturated heterocycles. The van der Waals surface area contributed by atoms with Crippen molar-refractivity contribution in [3.63, 3.8) is 0 Å². The van der Waals surface area contributed by atoms with E-state index in [0.717, 1.165) is 30.5 Å². The van der Waals surface area contributed by atoms with Crippen molar-refractivity contribution in [2.75, 3.05) is 5.32 Å². The van der Waals surface area contributed by atoms with Crippen LogP contribution in [-0.4, -0.2) is 16.6 Å². The first-order chi connectivity index (χ1) is 8.98. The van der Waals surface area contributed by atoms with Crippen molar-refractivity contribution in [2.24, 2.45) is 0 Å². The third kappa shape index (κ3) is 4.93. The molecule has 2 N–H and O–H groups in total. The number of aryl methyl sites for hydroxylation is 1. The van der Waals surface area contributed by atoms with Gasteiger partial charge in [0.2, 0.25) is 0 Å². The Morgan fingerprint density at radius 2 is 2.05 bits per heavy atom. The van der Waals surface area contributed by atoms with Gasteiger partial charge in [-0.05, 0) is 38.0 Å². The van der Waals surface area contributed by atoms with Crippen molar-refractivity contribution in [1.82, 2.24) is 0 Å². The number of aliphatic carboxylic acids is 1. The van der Waals surface area contributed by atoms with E-state index in [2.05, 4.69) is 12.2 Å². The number of rotatable bonds is 8. The normalized spacial score (nSPS) is 13.8. The topological polar surface area (TPSA) is 49.3 Å². The van der Waals surface area contributed by atoms with Crippen LogP contribution in [0.5, 0.6) is 0 Å². The average Bonchev–Trinajstić information content (AvgIpc) is 2.34. The van der Waals surface area contributed by atoms with Gasteiger partial charge in [-0.3, -0.25) is 0 Å². The van der Waals surface area contributed by atoms with E-state index in [0.29, 0.717) is 6.42 Å². The summed E-state index contributed by atoms with van der Waals surface area (Å²) >= 11 is 0. The van der Waals surface area contributed by atoms with E-state index in [9.17, 15) is 9.90 Å². The van der Waals surface area contributed by atoms with E-state index in [1.165, 1.54) is 6.42 Å². The van der Waals surface area contributed by atoms with Gasteiger partial charge in [-0.25, -0.2) is 4.79 Å². The van der Waals surface area contributed by atoms with Gasteiger partial charge in [0.15, 0.2) is 0 Å². The number of benzene rings is 1. The van der Waals surface area contributed by atoms with E-state index in [1.54, 1.807) is 6.92 Å². The molecule has 0 aliphatic rings. The molecule has 0 aliphatic carbocycles. The lowest BCUT2D eigenvalue weighted by molar-refractivity contribution is -0.142. The molecule has 0 aromatic heterocycles. The average molecular weight is 263 g/mol. The SMILES string of the molecule is CCCCCCC(C)(Nc1cccc(C)c1)C(=O)O. The van der Waals surface area contributed by atoms with Crippen molar-refractivity contribution in [3.8, 4) is 0 Å². The zero-order valence-corrected chi connectivity index (χ0v) is 12.2. The summed E-state index contributed by atoms with van der Waals surface area (Å²) < 4.78 is 0. The second kappa shape index (κ2) is 7.17. The molecule has 19 heavy (non-hydrogen) atoms. The van der Waals surface area contributed by atoms with Crippen molar-refractivity contribution in [3.05, 3.63) is 29.8 Å². The van der Waals surface area contributed by atoms with Gasteiger partial charge in [0.1, 0.15) is 5.54 Å². The first-order valence-corrected chi connectivity index (χ1v) is 7.06. The van der Waals surface area contributed by atoms with E-state index in [-0.39, 0.29) is 0 Å². The highest BCUT2D eigenvalue weighted by Gasteiger charge is 2.32. The number of carboxylic acids is 1. The van der Waals surface area contributed by atoms with Crippen LogP contribution < -0.4 is 5.32 Å². The minimum atomic E-state index is -0.887. The van der Waals surface area contributed by atoms with Crippen LogP contribution >= 0.6 is 0 Å². The maximum absolute atomic E-state index is 11.5. The molecule has 0 aliphatic heterocycles. The van der Waals surface area contributed by atoms with Crippen molar-refractivity contribution < 1.29 is 9.90 Å². The standard InChI is InChI=1S/C16H25NO2/c1-4-5-6-7-11-16(3,15(18)19)17-14-10-8-9-13(2)12-14/h8-10,12,17H,4-7,11H2,1-3H3,(H,18,19). The minimum absolute atomic E-state index is 0.649. The highest BCUT2D eigenvalue weighted by atomic mass is 16.4. The molecule has 1 atom stereocenters. The molecule has 3 nitrogen and oxygen atoms in total. The number of carboxylic acid groups (broad SMARTS) is 1. The molecule has 0 bridgehead atoms. The Morgan fingerprint density at radius 1 is 1.32 bits per heavy atom. The number of hydrogen-bond donors (Lipinski definition) is 2. The summed E-state index contributed by atoms with van der Waals surface area (Å²) in [5, 5.41) is 12.6. The molecule has 0 saturated carbocycles. The third-order valence-corrected chi connectivity index (χ3v) is 3.44. The van der Waals surface area contributed by atoms with Crippen LogP contribution in [0.2, 0.25) is 0 Å². The van der Waals surface area contributed by atoms with Gasteiger partial charge in [0, 0.05) is 5.69 Å². The summed E-state index contributed by atoms with van der Waals surface area (Å²) in [6, 6.07) is 7.84. The van der Waals surface area contributed by atoms with Crippen molar-refractivity contribution >= 4 is 11.7 Å². The second-order valence-corrected chi connectivity index (χ2v) is 5.44. The summed E-state index contributed by atoms with van der Waals surface area (Å²) in [5.41, 5.74) is 1.12. The molecule has 0 spiro atoms. The van der Waals surface area contributed by atoms with Gasteiger partial charge in [0.25, 0.3) is 0 Å². The zero-order chi connectivity index (χ0) is 14.3. The highest BCUT2D eigenvalue weighted by molar-refractivity contribution is 5.82. The van der Waals surface area contributed by atoms with E-state index >= 15 is 0 Å². The summed E-state index contributed by atoms with van der Waals surface area (Å²) in [6.07, 6.45) is 5.01. The van der Waals surface area contributed by atoms with Gasteiger partial charge in [0.05, 0.1) is 0 Å². The molecule has 1 aromatic rings. The number of hydrogen-bond acceptors (Lipinski definition) is 2. The Balaban J connectivity index is 2.68. The molecule has 0 heterocycles. The molecular formula is C16H25NO2. The molecule has 106 valence electrons. The lowest BCUT2D eigenvalue weighted by Crippen LogP contribution is -2.43. The van der Waals surface area contributed by atoms with E-state index in [1.807, 2.05) is 31.2 Å². The number of carbonyl (C=O) groups is 1. The van der Waals surface area contributed by atoms with Gasteiger partial charge in [-0.1, -0.05) is 44.7 Å². The smallest absolute Gasteiger partial charge is 0.329 e. The molecule has 3 heteroatoms. The predicted octanol–water partition coefficient (Wildman–Crippen LogP) is 4.22. The van der Waals surface area contributed by atoms with Gasteiger partial charge in [-0.2, -0.15) is 0 Å². The summed E-state index contributed by atoms with van der Waals surface area (Å²) in [6.45, 7) is 5.93. The maximum atomic E-state index is 11.5. The van der Waals surface area contributed by atoms with Crippen molar-refractivity contribution in [1.29, 1.82) is 0 Å². The fourth-order valence-corrected chi connectivity index (χ4v) is 2.17. The Labute approximate surface area is 116 Å². The van der Waals surface area contributed by atoms with Crippen LogP contribution in [0, 0.1) is 6.92 Å². The van der Waals surface area contributed by atoms with Gasteiger partial charge < -0.3 is 10.4 Å². The third-order valence-electron chi connectivity index (χ3n) is 3.44. The highest BCUT2D eigenvalue weighted by Crippen LogP contribution is 2.22. The van der Waals surface area contributed by atoms with Gasteiger partial charge in [-0.15, -0.1) is 0 Å².